The lowest BCUT2D eigenvalue weighted by molar-refractivity contribution is -0.170. The molecule has 1 rings (SSSR count). The van der Waals surface area contributed by atoms with Crippen LogP contribution in [0.5, 0.6) is 0 Å². The molecular formula is C15H14F7N3O3. The van der Waals surface area contributed by atoms with E-state index < -0.39 is 59.1 Å². The maximum Gasteiger partial charge on any atom is 0.417 e. The van der Waals surface area contributed by atoms with Gasteiger partial charge in [-0.1, -0.05) is 0 Å². The van der Waals surface area contributed by atoms with Crippen LogP contribution in [0.15, 0.2) is 18.2 Å². The summed E-state index contributed by atoms with van der Waals surface area (Å²) in [7, 11) is 0.918. The second kappa shape index (κ2) is 8.44. The summed E-state index contributed by atoms with van der Waals surface area (Å²) in [6, 6.07) is -4.53. The van der Waals surface area contributed by atoms with Gasteiger partial charge in [0.05, 0.1) is 11.1 Å². The highest BCUT2D eigenvalue weighted by atomic mass is 19.4. The minimum atomic E-state index is -5.23. The van der Waals surface area contributed by atoms with Crippen LogP contribution in [0.1, 0.15) is 22.8 Å². The lowest BCUT2D eigenvalue weighted by Gasteiger charge is -2.29. The zero-order chi connectivity index (χ0) is 21.9. The first kappa shape index (κ1) is 23.2. The van der Waals surface area contributed by atoms with Gasteiger partial charge in [-0.3, -0.25) is 14.4 Å². The number of halogens is 7. The van der Waals surface area contributed by atoms with Crippen molar-refractivity contribution >= 4 is 17.7 Å². The molecule has 0 fully saturated rings. The molecule has 6 nitrogen and oxygen atoms in total. The Hall–Kier alpha value is -2.86. The molecule has 13 heteroatoms. The van der Waals surface area contributed by atoms with Crippen LogP contribution in [0, 0.1) is 5.82 Å². The number of alkyl halides is 6. The molecule has 0 heterocycles. The van der Waals surface area contributed by atoms with Gasteiger partial charge in [0.25, 0.3) is 5.91 Å². The molecule has 2 atom stereocenters. The second-order valence-corrected chi connectivity index (χ2v) is 5.47. The van der Waals surface area contributed by atoms with E-state index in [1.54, 1.807) is 0 Å². The number of hydrogen-bond acceptors (Lipinski definition) is 3. The summed E-state index contributed by atoms with van der Waals surface area (Å²) in [4.78, 5) is 35.1. The monoisotopic (exact) mass is 417 g/mol. The van der Waals surface area contributed by atoms with Crippen LogP contribution >= 0.6 is 0 Å². The van der Waals surface area contributed by atoms with Crippen LogP contribution in [0.25, 0.3) is 0 Å². The Bertz CT molecular complexity index is 762. The highest BCUT2D eigenvalue weighted by molar-refractivity contribution is 5.99. The van der Waals surface area contributed by atoms with Crippen molar-refractivity contribution < 1.29 is 45.1 Å². The average molecular weight is 417 g/mol. The third-order valence-electron chi connectivity index (χ3n) is 3.39. The SMILES string of the molecule is CNC(=O)C(NC(=O)c1ccc(F)cc1C(F)(F)F)C(NC(C)=O)C(F)(F)F. The zero-order valence-electron chi connectivity index (χ0n) is 14.3. The van der Waals surface area contributed by atoms with Crippen molar-refractivity contribution in [3.8, 4) is 0 Å². The van der Waals surface area contributed by atoms with Gasteiger partial charge in [0.2, 0.25) is 11.8 Å². The van der Waals surface area contributed by atoms with Crippen molar-refractivity contribution in [3.63, 3.8) is 0 Å². The second-order valence-electron chi connectivity index (χ2n) is 5.47. The first-order valence-corrected chi connectivity index (χ1v) is 7.41. The third kappa shape index (κ3) is 5.82. The molecule has 3 N–H and O–H groups in total. The number of amides is 3. The number of carbonyl (C=O) groups is 3. The number of rotatable bonds is 5. The van der Waals surface area contributed by atoms with E-state index in [1.165, 1.54) is 10.6 Å². The molecule has 0 aliphatic heterocycles. The first-order valence-electron chi connectivity index (χ1n) is 7.41. The van der Waals surface area contributed by atoms with Crippen molar-refractivity contribution in [1.82, 2.24) is 16.0 Å². The molecule has 1 aromatic rings. The van der Waals surface area contributed by atoms with Gasteiger partial charge in [-0.05, 0) is 18.2 Å². The molecule has 156 valence electrons. The number of likely N-dealkylation sites (N-methyl/N-ethyl adjacent to an activating group) is 1. The lowest BCUT2D eigenvalue weighted by atomic mass is 10.0. The van der Waals surface area contributed by atoms with E-state index >= 15 is 0 Å². The molecule has 3 amide bonds. The summed E-state index contributed by atoms with van der Waals surface area (Å²) in [5.74, 6) is -5.69. The Morgan fingerprint density at radius 1 is 1.00 bits per heavy atom. The van der Waals surface area contributed by atoms with Gasteiger partial charge in [0.1, 0.15) is 11.9 Å². The molecule has 0 bridgehead atoms. The lowest BCUT2D eigenvalue weighted by Crippen LogP contribution is -2.63. The smallest absolute Gasteiger partial charge is 0.357 e. The van der Waals surface area contributed by atoms with E-state index in [0.29, 0.717) is 19.1 Å². The summed E-state index contributed by atoms with van der Waals surface area (Å²) in [6.07, 6.45) is -10.4. The highest BCUT2D eigenvalue weighted by Crippen LogP contribution is 2.32. The van der Waals surface area contributed by atoms with Crippen LogP contribution in [-0.4, -0.2) is 43.0 Å². The fourth-order valence-electron chi connectivity index (χ4n) is 2.20. The Balaban J connectivity index is 3.36. The standard InChI is InChI=1S/C15H14F7N3O3/c1-6(26)24-11(15(20,21)22)10(13(28)23-2)25-12(27)8-4-3-7(16)5-9(8)14(17,18)19/h3-5,10-11H,1-2H3,(H,23,28)(H,24,26)(H,25,27). The van der Waals surface area contributed by atoms with Crippen LogP contribution in [0.2, 0.25) is 0 Å². The zero-order valence-corrected chi connectivity index (χ0v) is 14.3. The molecule has 0 saturated carbocycles. The Morgan fingerprint density at radius 2 is 1.57 bits per heavy atom. The number of benzene rings is 1. The minimum absolute atomic E-state index is 0.0150. The van der Waals surface area contributed by atoms with Crippen LogP contribution in [0.4, 0.5) is 30.7 Å². The van der Waals surface area contributed by atoms with Crippen molar-refractivity contribution in [2.24, 2.45) is 0 Å². The van der Waals surface area contributed by atoms with Crippen molar-refractivity contribution in [1.29, 1.82) is 0 Å². The molecule has 2 unspecified atom stereocenters. The normalized spacial score (nSPS) is 14.0. The van der Waals surface area contributed by atoms with E-state index in [1.807, 2.05) is 5.32 Å². The van der Waals surface area contributed by atoms with Gasteiger partial charge < -0.3 is 16.0 Å². The van der Waals surface area contributed by atoms with Crippen LogP contribution < -0.4 is 16.0 Å². The van der Waals surface area contributed by atoms with Gasteiger partial charge >= 0.3 is 12.4 Å². The summed E-state index contributed by atoms with van der Waals surface area (Å²) >= 11 is 0. The summed E-state index contributed by atoms with van der Waals surface area (Å²) in [6.45, 7) is 0.712. The first-order chi connectivity index (χ1) is 12.7. The van der Waals surface area contributed by atoms with Gasteiger partial charge in [0, 0.05) is 14.0 Å². The predicted octanol–water partition coefficient (Wildman–Crippen LogP) is 1.76. The highest BCUT2D eigenvalue weighted by Gasteiger charge is 2.49. The number of carbonyl (C=O) groups excluding carboxylic acids is 3. The van der Waals surface area contributed by atoms with Gasteiger partial charge in [0.15, 0.2) is 6.04 Å². The van der Waals surface area contributed by atoms with E-state index in [4.69, 9.17) is 0 Å². The quantitative estimate of drug-likeness (QED) is 0.639. The summed E-state index contributed by atoms with van der Waals surface area (Å²) in [5.41, 5.74) is -2.95. The average Bonchev–Trinajstić information content (AvgIpc) is 2.55. The fourth-order valence-corrected chi connectivity index (χ4v) is 2.20. The van der Waals surface area contributed by atoms with E-state index in [9.17, 15) is 45.1 Å². The molecule has 0 saturated heterocycles. The molecular weight excluding hydrogens is 403 g/mol. The number of hydrogen-bond donors (Lipinski definition) is 3. The maximum absolute atomic E-state index is 13.2. The molecule has 0 aliphatic carbocycles. The molecule has 1 aromatic carbocycles. The predicted molar refractivity (Wildman–Crippen MR) is 80.4 cm³/mol. The molecule has 0 spiro atoms. The largest absolute Gasteiger partial charge is 0.417 e. The molecule has 0 radical (unpaired) electrons. The molecule has 28 heavy (non-hydrogen) atoms. The molecule has 0 aromatic heterocycles. The van der Waals surface area contributed by atoms with Crippen LogP contribution in [-0.2, 0) is 15.8 Å². The van der Waals surface area contributed by atoms with E-state index in [2.05, 4.69) is 0 Å². The van der Waals surface area contributed by atoms with Crippen molar-refractivity contribution in [2.45, 2.75) is 31.4 Å². The summed E-state index contributed by atoms with van der Waals surface area (Å²) in [5, 5.41) is 4.76. The number of nitrogens with one attached hydrogen (secondary N) is 3. The Kier molecular flexibility index (Phi) is 6.99. The van der Waals surface area contributed by atoms with Crippen LogP contribution in [0.3, 0.4) is 0 Å². The minimum Gasteiger partial charge on any atom is -0.357 e. The van der Waals surface area contributed by atoms with Crippen molar-refractivity contribution in [3.05, 3.63) is 35.1 Å². The maximum atomic E-state index is 13.2. The summed E-state index contributed by atoms with van der Waals surface area (Å²) < 4.78 is 91.8. The fraction of sp³-hybridized carbons (Fsp3) is 0.400. The molecule has 0 aliphatic rings. The topological polar surface area (TPSA) is 87.3 Å². The Labute approximate surface area is 153 Å². The van der Waals surface area contributed by atoms with Gasteiger partial charge in [-0.2, -0.15) is 26.3 Å². The van der Waals surface area contributed by atoms with E-state index in [-0.39, 0.29) is 6.07 Å². The van der Waals surface area contributed by atoms with Crippen molar-refractivity contribution in [2.75, 3.05) is 7.05 Å². The van der Waals surface area contributed by atoms with Gasteiger partial charge in [-0.15, -0.1) is 0 Å². The Morgan fingerprint density at radius 3 is 2.00 bits per heavy atom. The van der Waals surface area contributed by atoms with E-state index in [0.717, 1.165) is 7.05 Å². The third-order valence-corrected chi connectivity index (χ3v) is 3.39. The van der Waals surface area contributed by atoms with Gasteiger partial charge in [-0.25, -0.2) is 4.39 Å².